The van der Waals surface area contributed by atoms with Gasteiger partial charge in [0.1, 0.15) is 0 Å². The largest absolute Gasteiger partial charge is 0.309 e. The summed E-state index contributed by atoms with van der Waals surface area (Å²) in [5.41, 5.74) is 11.1. The number of hydrogen-bond donors (Lipinski definition) is 0. The number of aromatic nitrogens is 4. The van der Waals surface area contributed by atoms with Crippen LogP contribution in [0.2, 0.25) is 0 Å². The van der Waals surface area contributed by atoms with Gasteiger partial charge < -0.3 is 4.57 Å². The van der Waals surface area contributed by atoms with Crippen LogP contribution in [0, 0.1) is 0 Å². The van der Waals surface area contributed by atoms with Crippen LogP contribution in [0.1, 0.15) is 22.3 Å². The first-order valence-corrected chi connectivity index (χ1v) is 20.9. The van der Waals surface area contributed by atoms with E-state index < -0.39 is 5.41 Å². The number of nitrogens with zero attached hydrogens (tertiary/aromatic N) is 4. The lowest BCUT2D eigenvalue weighted by molar-refractivity contribution is 0.690. The van der Waals surface area contributed by atoms with Crippen LogP contribution in [0.25, 0.3) is 83.2 Å². The summed E-state index contributed by atoms with van der Waals surface area (Å²) in [6.45, 7) is 0. The highest BCUT2D eigenvalue weighted by atomic mass is 32.2. The van der Waals surface area contributed by atoms with Gasteiger partial charge in [-0.1, -0.05) is 188 Å². The summed E-state index contributed by atoms with van der Waals surface area (Å²) in [4.78, 5) is 18.5. The maximum Gasteiger partial charge on any atom is 0.165 e. The molecular formula is C54H32N4S. The Hall–Kier alpha value is -7.34. The van der Waals surface area contributed by atoms with E-state index in [0.717, 1.165) is 43.1 Å². The van der Waals surface area contributed by atoms with E-state index in [1.807, 2.05) is 11.8 Å². The Morgan fingerprint density at radius 3 is 1.61 bits per heavy atom. The Labute approximate surface area is 344 Å². The van der Waals surface area contributed by atoms with E-state index in [9.17, 15) is 0 Å². The number of para-hydroxylation sites is 3. The first kappa shape index (κ1) is 32.7. The fourth-order valence-electron chi connectivity index (χ4n) is 10.1. The van der Waals surface area contributed by atoms with Gasteiger partial charge in [-0.15, -0.1) is 0 Å². The van der Waals surface area contributed by atoms with Crippen molar-refractivity contribution >= 4 is 55.1 Å². The molecule has 0 fully saturated rings. The molecule has 0 amide bonds. The van der Waals surface area contributed by atoms with Gasteiger partial charge in [0, 0.05) is 37.3 Å². The molecule has 0 N–H and O–H groups in total. The lowest BCUT2D eigenvalue weighted by Crippen LogP contribution is -2.37. The van der Waals surface area contributed by atoms with Gasteiger partial charge in [-0.05, 0) is 62.0 Å². The normalized spacial score (nSPS) is 15.1. The highest BCUT2D eigenvalue weighted by Crippen LogP contribution is 2.61. The average Bonchev–Trinajstić information content (AvgIpc) is 3.65. The van der Waals surface area contributed by atoms with Gasteiger partial charge >= 0.3 is 0 Å². The summed E-state index contributed by atoms with van der Waals surface area (Å²) in [7, 11) is 0. The third kappa shape index (κ3) is 4.48. The highest BCUT2D eigenvalue weighted by molar-refractivity contribution is 7.99. The third-order valence-corrected chi connectivity index (χ3v) is 13.7. The molecule has 0 bridgehead atoms. The SMILES string of the molecule is c1ccc2c(c1)Sc1c(-c3nc(-c4cccc5ccccc45)nc(-c4cccc5ccccc45)n3)cccc1C21c2ccccc2-n2c3ccccc3c3cccc1c32. The standard InChI is InChI=1S/C54H32N4S/c1-3-19-35-33(15-1)17-11-23-39(35)51-55-52(40-24-12-18-34-16-2-4-20-36(34)40)57-53(56-51)41-25-14-29-45-50(41)59-48-32-10-7-27-43(48)54(45)42-26-6-9-31-47(42)58-46-30-8-5-21-37(46)38-22-13-28-44(54)49(38)58/h1-32H. The van der Waals surface area contributed by atoms with Gasteiger partial charge in [-0.3, -0.25) is 0 Å². The zero-order valence-electron chi connectivity index (χ0n) is 31.7. The van der Waals surface area contributed by atoms with Crippen molar-refractivity contribution < 1.29 is 0 Å². The molecule has 4 heterocycles. The molecule has 1 unspecified atom stereocenters. The van der Waals surface area contributed by atoms with E-state index in [-0.39, 0.29) is 0 Å². The van der Waals surface area contributed by atoms with E-state index in [1.54, 1.807) is 0 Å². The minimum Gasteiger partial charge on any atom is -0.309 e. The summed E-state index contributed by atoms with van der Waals surface area (Å²) in [5.74, 6) is 1.96. The molecule has 1 atom stereocenters. The number of rotatable bonds is 3. The molecule has 2 aromatic heterocycles. The minimum atomic E-state index is -0.613. The van der Waals surface area contributed by atoms with Crippen molar-refractivity contribution in [1.29, 1.82) is 0 Å². The van der Waals surface area contributed by atoms with Crippen LogP contribution in [0.4, 0.5) is 0 Å². The molecule has 13 rings (SSSR count). The Morgan fingerprint density at radius 2 is 0.864 bits per heavy atom. The lowest BCUT2D eigenvalue weighted by atomic mass is 9.62. The smallest absolute Gasteiger partial charge is 0.165 e. The Balaban J connectivity index is 1.14. The second kappa shape index (κ2) is 12.3. The fraction of sp³-hybridized carbons (Fsp3) is 0.0185. The van der Waals surface area contributed by atoms with Crippen LogP contribution in [-0.4, -0.2) is 19.5 Å². The number of hydrogen-bond acceptors (Lipinski definition) is 4. The van der Waals surface area contributed by atoms with Crippen LogP contribution in [0.5, 0.6) is 0 Å². The van der Waals surface area contributed by atoms with Crippen molar-refractivity contribution in [3.05, 3.63) is 216 Å². The molecule has 4 nitrogen and oxygen atoms in total. The van der Waals surface area contributed by atoms with Crippen molar-refractivity contribution in [3.8, 4) is 39.9 Å². The van der Waals surface area contributed by atoms with Gasteiger partial charge in [-0.25, -0.2) is 15.0 Å². The van der Waals surface area contributed by atoms with Crippen LogP contribution in [0.3, 0.4) is 0 Å². The molecule has 274 valence electrons. The second-order valence-corrected chi connectivity index (χ2v) is 16.5. The summed E-state index contributed by atoms with van der Waals surface area (Å²) in [6, 6.07) is 70.2. The van der Waals surface area contributed by atoms with E-state index in [4.69, 9.17) is 15.0 Å². The zero-order chi connectivity index (χ0) is 38.7. The Morgan fingerprint density at radius 1 is 0.373 bits per heavy atom. The van der Waals surface area contributed by atoms with Crippen LogP contribution in [-0.2, 0) is 5.41 Å². The van der Waals surface area contributed by atoms with Gasteiger partial charge in [0.2, 0.25) is 0 Å². The lowest BCUT2D eigenvalue weighted by Gasteiger charge is -2.45. The van der Waals surface area contributed by atoms with E-state index >= 15 is 0 Å². The monoisotopic (exact) mass is 768 g/mol. The molecule has 0 radical (unpaired) electrons. The predicted molar refractivity (Wildman–Crippen MR) is 241 cm³/mol. The quantitative estimate of drug-likeness (QED) is 0.180. The molecule has 59 heavy (non-hydrogen) atoms. The topological polar surface area (TPSA) is 43.6 Å². The maximum absolute atomic E-state index is 5.44. The number of benzene rings is 9. The molecule has 2 aliphatic rings. The maximum atomic E-state index is 5.44. The Kier molecular flexibility index (Phi) is 6.84. The summed E-state index contributed by atoms with van der Waals surface area (Å²) < 4.78 is 2.49. The van der Waals surface area contributed by atoms with Crippen molar-refractivity contribution in [2.24, 2.45) is 0 Å². The van der Waals surface area contributed by atoms with Crippen molar-refractivity contribution in [2.45, 2.75) is 15.2 Å². The van der Waals surface area contributed by atoms with E-state index in [1.165, 1.54) is 54.6 Å². The molecule has 11 aromatic rings. The van der Waals surface area contributed by atoms with Crippen LogP contribution < -0.4 is 0 Å². The molecular weight excluding hydrogens is 737 g/mol. The molecule has 9 aromatic carbocycles. The zero-order valence-corrected chi connectivity index (χ0v) is 32.5. The van der Waals surface area contributed by atoms with Gasteiger partial charge in [-0.2, -0.15) is 0 Å². The highest BCUT2D eigenvalue weighted by Gasteiger charge is 2.50. The van der Waals surface area contributed by atoms with Crippen LogP contribution in [0.15, 0.2) is 204 Å². The molecule has 5 heteroatoms. The molecule has 0 saturated carbocycles. The molecule has 1 spiro atoms. The van der Waals surface area contributed by atoms with Gasteiger partial charge in [0.05, 0.1) is 22.1 Å². The molecule has 2 aliphatic heterocycles. The Bertz CT molecular complexity index is 3460. The summed E-state index contributed by atoms with van der Waals surface area (Å²) in [5, 5.41) is 7.03. The van der Waals surface area contributed by atoms with Crippen molar-refractivity contribution in [2.75, 3.05) is 0 Å². The minimum absolute atomic E-state index is 0.613. The summed E-state index contributed by atoms with van der Waals surface area (Å²) >= 11 is 1.82. The summed E-state index contributed by atoms with van der Waals surface area (Å²) in [6.07, 6.45) is 0. The molecule has 0 aliphatic carbocycles. The van der Waals surface area contributed by atoms with Crippen molar-refractivity contribution in [3.63, 3.8) is 0 Å². The predicted octanol–water partition coefficient (Wildman–Crippen LogP) is 13.4. The second-order valence-electron chi connectivity index (χ2n) is 15.5. The fourth-order valence-corrected chi connectivity index (χ4v) is 11.4. The van der Waals surface area contributed by atoms with E-state index in [0.29, 0.717) is 17.5 Å². The van der Waals surface area contributed by atoms with Crippen LogP contribution >= 0.6 is 11.8 Å². The van der Waals surface area contributed by atoms with E-state index in [2.05, 4.69) is 199 Å². The van der Waals surface area contributed by atoms with Crippen molar-refractivity contribution in [1.82, 2.24) is 19.5 Å². The van der Waals surface area contributed by atoms with Gasteiger partial charge in [0.15, 0.2) is 17.5 Å². The first-order valence-electron chi connectivity index (χ1n) is 20.0. The van der Waals surface area contributed by atoms with Gasteiger partial charge in [0.25, 0.3) is 0 Å². The average molecular weight is 769 g/mol. The molecule has 0 saturated heterocycles. The third-order valence-electron chi connectivity index (χ3n) is 12.5. The number of fused-ring (bicyclic) bond motifs is 13. The first-order chi connectivity index (χ1) is 29.3.